The molecule has 1 atom stereocenters. The maximum Gasteiger partial charge on any atom is 0.254 e. The number of ketones is 1. The number of nitriles is 1. The van der Waals surface area contributed by atoms with Crippen molar-refractivity contribution in [3.05, 3.63) is 93.5 Å². The molecule has 35 heavy (non-hydrogen) atoms. The number of piperazine rings is 1. The van der Waals surface area contributed by atoms with Crippen LogP contribution in [-0.2, 0) is 0 Å². The van der Waals surface area contributed by atoms with Crippen LogP contribution in [0.15, 0.2) is 71.6 Å². The maximum absolute atomic E-state index is 13.2. The van der Waals surface area contributed by atoms with Crippen molar-refractivity contribution >= 4 is 52.3 Å². The fourth-order valence-corrected chi connectivity index (χ4v) is 5.41. The third-order valence-electron chi connectivity index (χ3n) is 5.93. The molecule has 4 rings (SSSR count). The predicted octanol–water partition coefficient (Wildman–Crippen LogP) is 6.19. The zero-order valence-corrected chi connectivity index (χ0v) is 21.4. The largest absolute Gasteiger partial charge is 0.365 e. The number of hydrogen-bond acceptors (Lipinski definition) is 5. The highest BCUT2D eigenvalue weighted by molar-refractivity contribution is 8.00. The third kappa shape index (κ3) is 5.99. The molecule has 0 bridgehead atoms. The molecule has 0 saturated carbocycles. The van der Waals surface area contributed by atoms with Crippen molar-refractivity contribution in [2.75, 3.05) is 30.3 Å². The molecule has 0 spiro atoms. The van der Waals surface area contributed by atoms with Gasteiger partial charge in [0.05, 0.1) is 22.4 Å². The fourth-order valence-electron chi connectivity index (χ4n) is 4.07. The second kappa shape index (κ2) is 11.2. The van der Waals surface area contributed by atoms with Gasteiger partial charge in [-0.1, -0.05) is 41.4 Å². The van der Waals surface area contributed by atoms with Crippen molar-refractivity contribution < 1.29 is 9.59 Å². The van der Waals surface area contributed by atoms with E-state index < -0.39 is 0 Å². The average Bonchev–Trinajstić information content (AvgIpc) is 2.87. The van der Waals surface area contributed by atoms with E-state index in [-0.39, 0.29) is 23.5 Å². The van der Waals surface area contributed by atoms with Crippen LogP contribution in [0.2, 0.25) is 10.0 Å². The lowest BCUT2D eigenvalue weighted by molar-refractivity contribution is 0.0726. The van der Waals surface area contributed by atoms with Crippen molar-refractivity contribution in [1.29, 1.82) is 5.26 Å². The van der Waals surface area contributed by atoms with Gasteiger partial charge < -0.3 is 9.80 Å². The molecule has 0 aromatic heterocycles. The molecule has 178 valence electrons. The first-order valence-corrected chi connectivity index (χ1v) is 12.9. The molecule has 0 radical (unpaired) electrons. The van der Waals surface area contributed by atoms with E-state index in [1.54, 1.807) is 42.5 Å². The Morgan fingerprint density at radius 3 is 2.43 bits per heavy atom. The lowest BCUT2D eigenvalue weighted by Gasteiger charge is -2.41. The van der Waals surface area contributed by atoms with E-state index in [1.807, 2.05) is 35.2 Å². The minimum Gasteiger partial charge on any atom is -0.365 e. The van der Waals surface area contributed by atoms with Crippen molar-refractivity contribution in [2.24, 2.45) is 0 Å². The van der Waals surface area contributed by atoms with E-state index in [4.69, 9.17) is 28.5 Å². The molecule has 8 heteroatoms. The Labute approximate surface area is 219 Å². The van der Waals surface area contributed by atoms with Gasteiger partial charge in [0.2, 0.25) is 0 Å². The van der Waals surface area contributed by atoms with Crippen LogP contribution < -0.4 is 4.90 Å². The van der Waals surface area contributed by atoms with E-state index in [0.29, 0.717) is 46.4 Å². The highest BCUT2D eigenvalue weighted by Gasteiger charge is 2.28. The molecule has 1 amide bonds. The molecule has 1 aliphatic rings. The van der Waals surface area contributed by atoms with Crippen LogP contribution in [0.1, 0.15) is 33.2 Å². The van der Waals surface area contributed by atoms with E-state index in [1.165, 1.54) is 11.8 Å². The van der Waals surface area contributed by atoms with Crippen molar-refractivity contribution in [3.63, 3.8) is 0 Å². The van der Waals surface area contributed by atoms with E-state index in [2.05, 4.69) is 11.8 Å². The highest BCUT2D eigenvalue weighted by atomic mass is 35.5. The summed E-state index contributed by atoms with van der Waals surface area (Å²) in [5, 5.41) is 10.0. The quantitative estimate of drug-likeness (QED) is 0.284. The smallest absolute Gasteiger partial charge is 0.254 e. The van der Waals surface area contributed by atoms with Crippen LogP contribution in [0, 0.1) is 11.3 Å². The zero-order valence-electron chi connectivity index (χ0n) is 19.1. The van der Waals surface area contributed by atoms with Crippen LogP contribution in [0.5, 0.6) is 0 Å². The van der Waals surface area contributed by atoms with Gasteiger partial charge in [-0.3, -0.25) is 9.59 Å². The summed E-state index contributed by atoms with van der Waals surface area (Å²) >= 11 is 13.9. The SMILES string of the molecule is C[C@H]1CN(C(=O)c2ccc(SCC(=O)c3ccc(C#N)cc3)c(Cl)c2)CCN1c1cccc(Cl)c1. The van der Waals surface area contributed by atoms with Crippen LogP contribution in [-0.4, -0.2) is 48.0 Å². The summed E-state index contributed by atoms with van der Waals surface area (Å²) in [7, 11) is 0. The second-order valence-electron chi connectivity index (χ2n) is 8.32. The number of carbonyl (C=O) groups is 2. The summed E-state index contributed by atoms with van der Waals surface area (Å²) in [5.74, 6) is 0.0963. The van der Waals surface area contributed by atoms with Gasteiger partial charge in [-0.05, 0) is 55.5 Å². The molecular formula is C27H23Cl2N3O2S. The number of nitrogens with zero attached hydrogens (tertiary/aromatic N) is 3. The Kier molecular flexibility index (Phi) is 8.02. The lowest BCUT2D eigenvalue weighted by Crippen LogP contribution is -2.53. The Bertz CT molecular complexity index is 1290. The van der Waals surface area contributed by atoms with Gasteiger partial charge in [-0.25, -0.2) is 0 Å². The Morgan fingerprint density at radius 1 is 1.03 bits per heavy atom. The minimum atomic E-state index is -0.0605. The van der Waals surface area contributed by atoms with Gasteiger partial charge in [0.1, 0.15) is 0 Å². The number of hydrogen-bond donors (Lipinski definition) is 0. The van der Waals surface area contributed by atoms with Crippen LogP contribution in [0.25, 0.3) is 0 Å². The first-order chi connectivity index (χ1) is 16.9. The van der Waals surface area contributed by atoms with Crippen LogP contribution >= 0.6 is 35.0 Å². The number of benzene rings is 3. The summed E-state index contributed by atoms with van der Waals surface area (Å²) in [4.78, 5) is 30.5. The number of carbonyl (C=O) groups excluding carboxylic acids is 2. The molecular weight excluding hydrogens is 501 g/mol. The van der Waals surface area contributed by atoms with Gasteiger partial charge >= 0.3 is 0 Å². The Balaban J connectivity index is 1.36. The number of anilines is 1. The van der Waals surface area contributed by atoms with E-state index >= 15 is 0 Å². The minimum absolute atomic E-state index is 0.0535. The summed E-state index contributed by atoms with van der Waals surface area (Å²) in [5.41, 5.74) is 2.64. The zero-order chi connectivity index (χ0) is 24.9. The van der Waals surface area contributed by atoms with Crippen molar-refractivity contribution in [2.45, 2.75) is 17.9 Å². The molecule has 1 aliphatic heterocycles. The van der Waals surface area contributed by atoms with Crippen LogP contribution in [0.4, 0.5) is 5.69 Å². The number of thioether (sulfide) groups is 1. The van der Waals surface area contributed by atoms with Gasteiger partial charge in [-0.2, -0.15) is 5.26 Å². The monoisotopic (exact) mass is 523 g/mol. The molecule has 0 N–H and O–H groups in total. The standard InChI is InChI=1S/C27H23Cl2N3O2S/c1-18-16-31(11-12-32(18)23-4-2-3-22(28)14-23)27(34)21-9-10-26(24(29)13-21)35-17-25(33)20-7-5-19(15-30)6-8-20/h2-10,13-14,18H,11-12,16-17H2,1H3/t18-/m0/s1. The molecule has 0 aliphatic carbocycles. The number of amides is 1. The van der Waals surface area contributed by atoms with Gasteiger partial charge in [0.25, 0.3) is 5.91 Å². The summed E-state index contributed by atoms with van der Waals surface area (Å²) in [6.07, 6.45) is 0. The Hall–Kier alpha value is -2.98. The summed E-state index contributed by atoms with van der Waals surface area (Å²) in [6.45, 7) is 4.01. The molecule has 3 aromatic rings. The molecule has 1 heterocycles. The number of rotatable bonds is 6. The second-order valence-corrected chi connectivity index (χ2v) is 10.2. The number of Topliss-reactive ketones (excluding diaryl/α,β-unsaturated/α-hetero) is 1. The first-order valence-electron chi connectivity index (χ1n) is 11.1. The molecule has 3 aromatic carbocycles. The molecule has 1 fully saturated rings. The van der Waals surface area contributed by atoms with Gasteiger partial charge in [-0.15, -0.1) is 11.8 Å². The fraction of sp³-hybridized carbons (Fsp3) is 0.222. The average molecular weight is 524 g/mol. The lowest BCUT2D eigenvalue weighted by atomic mass is 10.1. The topological polar surface area (TPSA) is 64.4 Å². The predicted molar refractivity (Wildman–Crippen MR) is 142 cm³/mol. The molecule has 1 saturated heterocycles. The third-order valence-corrected chi connectivity index (χ3v) is 7.66. The van der Waals surface area contributed by atoms with Crippen molar-refractivity contribution in [1.82, 2.24) is 4.90 Å². The molecule has 0 unspecified atom stereocenters. The van der Waals surface area contributed by atoms with Crippen LogP contribution in [0.3, 0.4) is 0 Å². The highest BCUT2D eigenvalue weighted by Crippen LogP contribution is 2.30. The normalized spacial score (nSPS) is 15.5. The van der Waals surface area contributed by atoms with Gasteiger partial charge in [0.15, 0.2) is 5.78 Å². The Morgan fingerprint density at radius 2 is 1.77 bits per heavy atom. The van der Waals surface area contributed by atoms with Gasteiger partial charge in [0, 0.05) is 52.4 Å². The maximum atomic E-state index is 13.2. The first kappa shape index (κ1) is 25.1. The van der Waals surface area contributed by atoms with E-state index in [0.717, 1.165) is 10.6 Å². The van der Waals surface area contributed by atoms with Crippen molar-refractivity contribution in [3.8, 4) is 6.07 Å². The summed E-state index contributed by atoms with van der Waals surface area (Å²) < 4.78 is 0. The van der Waals surface area contributed by atoms with E-state index in [9.17, 15) is 9.59 Å². The summed E-state index contributed by atoms with van der Waals surface area (Å²) in [6, 6.07) is 21.7. The number of halogens is 2. The molecule has 5 nitrogen and oxygen atoms in total.